The lowest BCUT2D eigenvalue weighted by molar-refractivity contribution is 0.100. The lowest BCUT2D eigenvalue weighted by atomic mass is 10.0. The van der Waals surface area contributed by atoms with Crippen LogP contribution in [0.3, 0.4) is 0 Å². The van der Waals surface area contributed by atoms with Crippen LogP contribution in [0.2, 0.25) is 0 Å². The van der Waals surface area contributed by atoms with E-state index in [2.05, 4.69) is 10.3 Å². The summed E-state index contributed by atoms with van der Waals surface area (Å²) in [6, 6.07) is 9.29. The van der Waals surface area contributed by atoms with Gasteiger partial charge in [0.05, 0.1) is 30.0 Å². The van der Waals surface area contributed by atoms with Crippen LogP contribution in [-0.4, -0.2) is 24.1 Å². The molecule has 1 aromatic heterocycles. The monoisotopic (exact) mass is 409 g/mol. The molecule has 0 aliphatic heterocycles. The van der Waals surface area contributed by atoms with E-state index < -0.39 is 5.91 Å². The summed E-state index contributed by atoms with van der Waals surface area (Å²) in [5, 5.41) is 4.02. The third-order valence-electron chi connectivity index (χ3n) is 4.76. The molecule has 1 amide bonds. The number of fused-ring (bicyclic) bond motifs is 1. The first-order chi connectivity index (χ1) is 14.5. The van der Waals surface area contributed by atoms with Gasteiger partial charge in [-0.15, -0.1) is 0 Å². The predicted octanol–water partition coefficient (Wildman–Crippen LogP) is 2.79. The van der Waals surface area contributed by atoms with Crippen molar-refractivity contribution < 1.29 is 14.3 Å². The molecule has 3 aromatic rings. The fraction of sp³-hybridized carbons (Fsp3) is 0.273. The Bertz CT molecular complexity index is 1070. The van der Waals surface area contributed by atoms with Crippen LogP contribution in [-0.2, 0) is 13.1 Å². The summed E-state index contributed by atoms with van der Waals surface area (Å²) in [6.45, 7) is 5.39. The predicted molar refractivity (Wildman–Crippen MR) is 118 cm³/mol. The number of amides is 1. The molecular weight excluding hydrogens is 382 g/mol. The van der Waals surface area contributed by atoms with E-state index in [-0.39, 0.29) is 5.56 Å². The summed E-state index contributed by atoms with van der Waals surface area (Å²) in [6.07, 6.45) is 1.46. The van der Waals surface area contributed by atoms with E-state index >= 15 is 0 Å². The van der Waals surface area contributed by atoms with Crippen molar-refractivity contribution in [3.8, 4) is 11.5 Å². The Morgan fingerprint density at radius 1 is 1.07 bits per heavy atom. The normalized spacial score (nSPS) is 10.8. The summed E-state index contributed by atoms with van der Waals surface area (Å²) in [5.41, 5.74) is 21.4. The highest BCUT2D eigenvalue weighted by atomic mass is 16.5. The molecule has 8 heteroatoms. The van der Waals surface area contributed by atoms with Gasteiger partial charge in [-0.3, -0.25) is 9.78 Å². The van der Waals surface area contributed by atoms with Crippen LogP contribution in [0.25, 0.3) is 10.9 Å². The number of hydrogen-bond acceptors (Lipinski definition) is 7. The fourth-order valence-corrected chi connectivity index (χ4v) is 3.38. The van der Waals surface area contributed by atoms with E-state index in [1.165, 1.54) is 6.20 Å². The van der Waals surface area contributed by atoms with E-state index in [4.69, 9.17) is 26.7 Å². The molecule has 0 radical (unpaired) electrons. The van der Waals surface area contributed by atoms with Crippen LogP contribution in [0.1, 0.15) is 35.3 Å². The van der Waals surface area contributed by atoms with Crippen molar-refractivity contribution in [2.24, 2.45) is 17.2 Å². The van der Waals surface area contributed by atoms with Crippen molar-refractivity contribution in [2.75, 3.05) is 18.5 Å². The van der Waals surface area contributed by atoms with Crippen molar-refractivity contribution in [1.82, 2.24) is 4.98 Å². The number of nitrogens with one attached hydrogen (secondary N) is 1. The molecule has 0 atom stereocenters. The molecule has 0 aliphatic carbocycles. The van der Waals surface area contributed by atoms with Crippen molar-refractivity contribution in [3.05, 3.63) is 53.2 Å². The SMILES string of the molecule is CCOc1cc2ncc(C(N)=O)c(Nc3cccc(CN)c3CN)c2cc1OCC. The second-order valence-corrected chi connectivity index (χ2v) is 6.57. The van der Waals surface area contributed by atoms with Gasteiger partial charge in [0, 0.05) is 36.4 Å². The van der Waals surface area contributed by atoms with Gasteiger partial charge in [-0.05, 0) is 37.1 Å². The van der Waals surface area contributed by atoms with Crippen LogP contribution in [0, 0.1) is 0 Å². The number of rotatable bonds is 9. The Morgan fingerprint density at radius 3 is 2.37 bits per heavy atom. The molecule has 30 heavy (non-hydrogen) atoms. The van der Waals surface area contributed by atoms with Crippen LogP contribution in [0.15, 0.2) is 36.5 Å². The molecule has 0 spiro atoms. The van der Waals surface area contributed by atoms with Crippen LogP contribution in [0.5, 0.6) is 11.5 Å². The zero-order valence-corrected chi connectivity index (χ0v) is 17.2. The smallest absolute Gasteiger partial charge is 0.252 e. The first kappa shape index (κ1) is 21.4. The van der Waals surface area contributed by atoms with E-state index in [0.717, 1.165) is 16.8 Å². The topological polar surface area (TPSA) is 139 Å². The number of nitrogens with two attached hydrogens (primary N) is 3. The van der Waals surface area contributed by atoms with Gasteiger partial charge in [-0.25, -0.2) is 0 Å². The molecule has 0 saturated carbocycles. The number of pyridine rings is 1. The molecule has 0 saturated heterocycles. The standard InChI is InChI=1S/C22H27N5O3/c1-3-29-19-8-14-18(9-20(19)30-4-2)26-12-16(22(25)28)21(14)27-17-7-5-6-13(10-23)15(17)11-24/h5-9,12H,3-4,10-11,23-24H2,1-2H3,(H2,25,28)(H,26,27). The molecule has 0 fully saturated rings. The van der Waals surface area contributed by atoms with Gasteiger partial charge in [0.25, 0.3) is 5.91 Å². The Balaban J connectivity index is 2.24. The van der Waals surface area contributed by atoms with Gasteiger partial charge in [-0.2, -0.15) is 0 Å². The zero-order valence-electron chi connectivity index (χ0n) is 17.2. The number of carbonyl (C=O) groups excluding carboxylic acids is 1. The third kappa shape index (κ3) is 4.14. The third-order valence-corrected chi connectivity index (χ3v) is 4.76. The van der Waals surface area contributed by atoms with Crippen molar-refractivity contribution >= 4 is 28.2 Å². The maximum absolute atomic E-state index is 12.2. The van der Waals surface area contributed by atoms with Crippen LogP contribution >= 0.6 is 0 Å². The summed E-state index contributed by atoms with van der Waals surface area (Å²) in [7, 11) is 0. The van der Waals surface area contributed by atoms with Crippen molar-refractivity contribution in [2.45, 2.75) is 26.9 Å². The van der Waals surface area contributed by atoms with Crippen molar-refractivity contribution in [1.29, 1.82) is 0 Å². The zero-order chi connectivity index (χ0) is 21.7. The number of benzene rings is 2. The highest BCUT2D eigenvalue weighted by Gasteiger charge is 2.18. The van der Waals surface area contributed by atoms with Crippen LogP contribution < -0.4 is 32.0 Å². The molecule has 7 N–H and O–H groups in total. The first-order valence-corrected chi connectivity index (χ1v) is 9.84. The van der Waals surface area contributed by atoms with Gasteiger partial charge >= 0.3 is 0 Å². The number of aromatic nitrogens is 1. The van der Waals surface area contributed by atoms with Gasteiger partial charge in [0.2, 0.25) is 0 Å². The summed E-state index contributed by atoms with van der Waals surface area (Å²) >= 11 is 0. The Labute approximate surface area is 175 Å². The summed E-state index contributed by atoms with van der Waals surface area (Å²) < 4.78 is 11.4. The molecule has 8 nitrogen and oxygen atoms in total. The molecule has 0 bridgehead atoms. The molecular formula is C22H27N5O3. The minimum atomic E-state index is -0.594. The largest absolute Gasteiger partial charge is 0.490 e. The van der Waals surface area contributed by atoms with Gasteiger partial charge in [0.1, 0.15) is 0 Å². The lowest BCUT2D eigenvalue weighted by Gasteiger charge is -2.19. The average molecular weight is 409 g/mol. The Hall–Kier alpha value is -3.36. The van der Waals surface area contributed by atoms with Gasteiger partial charge in [-0.1, -0.05) is 12.1 Å². The van der Waals surface area contributed by atoms with E-state index in [1.807, 2.05) is 32.0 Å². The second kappa shape index (κ2) is 9.43. The molecule has 0 unspecified atom stereocenters. The quantitative estimate of drug-likeness (QED) is 0.426. The number of hydrogen-bond donors (Lipinski definition) is 4. The highest BCUT2D eigenvalue weighted by molar-refractivity contribution is 6.08. The fourth-order valence-electron chi connectivity index (χ4n) is 3.38. The van der Waals surface area contributed by atoms with Gasteiger partial charge < -0.3 is 32.0 Å². The summed E-state index contributed by atoms with van der Waals surface area (Å²) in [4.78, 5) is 16.6. The highest BCUT2D eigenvalue weighted by Crippen LogP contribution is 2.38. The molecule has 3 rings (SSSR count). The Morgan fingerprint density at radius 2 is 1.77 bits per heavy atom. The molecule has 2 aromatic carbocycles. The minimum absolute atomic E-state index is 0.259. The summed E-state index contributed by atoms with van der Waals surface area (Å²) in [5.74, 6) is 0.556. The number of nitrogens with zero attached hydrogens (tertiary/aromatic N) is 1. The molecule has 1 heterocycles. The number of anilines is 2. The maximum Gasteiger partial charge on any atom is 0.252 e. The average Bonchev–Trinajstić information content (AvgIpc) is 2.74. The molecule has 158 valence electrons. The lowest BCUT2D eigenvalue weighted by Crippen LogP contribution is -2.15. The van der Waals surface area contributed by atoms with Crippen molar-refractivity contribution in [3.63, 3.8) is 0 Å². The second-order valence-electron chi connectivity index (χ2n) is 6.57. The number of ether oxygens (including phenoxy) is 2. The van der Waals surface area contributed by atoms with E-state index in [1.54, 1.807) is 12.1 Å². The van der Waals surface area contributed by atoms with Gasteiger partial charge in [0.15, 0.2) is 11.5 Å². The van der Waals surface area contributed by atoms with E-state index in [0.29, 0.717) is 54.4 Å². The minimum Gasteiger partial charge on any atom is -0.490 e. The maximum atomic E-state index is 12.2. The first-order valence-electron chi connectivity index (χ1n) is 9.84. The Kier molecular flexibility index (Phi) is 6.71. The molecule has 0 aliphatic rings. The number of primary amides is 1. The number of carbonyl (C=O) groups is 1. The van der Waals surface area contributed by atoms with E-state index in [9.17, 15) is 4.79 Å². The van der Waals surface area contributed by atoms with Crippen LogP contribution in [0.4, 0.5) is 11.4 Å².